The summed E-state index contributed by atoms with van der Waals surface area (Å²) < 4.78 is 5.38. The Morgan fingerprint density at radius 3 is 2.57 bits per heavy atom. The molecule has 0 aliphatic rings. The van der Waals surface area contributed by atoms with Crippen LogP contribution in [0.2, 0.25) is 0 Å². The van der Waals surface area contributed by atoms with E-state index in [2.05, 4.69) is 20.6 Å². The van der Waals surface area contributed by atoms with Gasteiger partial charge in [-0.3, -0.25) is 4.79 Å². The molecule has 0 saturated carbocycles. The number of ether oxygens (including phenoxy) is 1. The molecule has 0 spiro atoms. The zero-order valence-corrected chi connectivity index (χ0v) is 16.5. The highest BCUT2D eigenvalue weighted by atomic mass is 16.5. The Bertz CT molecular complexity index is 1000. The number of carbonyl (C=O) groups is 1. The number of nitrogens with one attached hydrogen (secondary N) is 2. The van der Waals surface area contributed by atoms with Crippen LogP contribution in [0.15, 0.2) is 48.5 Å². The van der Waals surface area contributed by atoms with Crippen LogP contribution in [0.1, 0.15) is 32.9 Å². The Morgan fingerprint density at radius 1 is 1.04 bits per heavy atom. The third kappa shape index (κ3) is 4.65. The molecule has 0 radical (unpaired) electrons. The maximum atomic E-state index is 12.6. The van der Waals surface area contributed by atoms with Crippen molar-refractivity contribution in [1.82, 2.24) is 15.3 Å². The fourth-order valence-corrected chi connectivity index (χ4v) is 2.86. The topological polar surface area (TPSA) is 76.1 Å². The molecule has 6 nitrogen and oxygen atoms in total. The fourth-order valence-electron chi connectivity index (χ4n) is 2.86. The van der Waals surface area contributed by atoms with Crippen molar-refractivity contribution >= 4 is 17.5 Å². The fraction of sp³-hybridized carbons (Fsp3) is 0.227. The number of hydrogen-bond acceptors (Lipinski definition) is 5. The number of aromatic nitrogens is 2. The van der Waals surface area contributed by atoms with E-state index in [4.69, 9.17) is 4.74 Å². The van der Waals surface area contributed by atoms with Gasteiger partial charge in [-0.05, 0) is 55.7 Å². The zero-order chi connectivity index (χ0) is 20.1. The molecule has 28 heavy (non-hydrogen) atoms. The van der Waals surface area contributed by atoms with Gasteiger partial charge in [0, 0.05) is 12.2 Å². The maximum absolute atomic E-state index is 12.6. The minimum atomic E-state index is -0.243. The van der Waals surface area contributed by atoms with Gasteiger partial charge in [-0.2, -0.15) is 0 Å². The standard InChI is InChI=1S/C22H24N4O2/c1-14-9-10-20(28-4)18(11-14)25-22-24-16(3)12-19(26-22)21(27)23-13-17-8-6-5-7-15(17)2/h5-12H,13H2,1-4H3,(H,23,27)(H,24,25,26). The number of carbonyl (C=O) groups excluding carboxylic acids is 1. The highest BCUT2D eigenvalue weighted by Gasteiger charge is 2.12. The van der Waals surface area contributed by atoms with Crippen molar-refractivity contribution < 1.29 is 9.53 Å². The molecule has 1 amide bonds. The van der Waals surface area contributed by atoms with Crippen LogP contribution in [0.25, 0.3) is 0 Å². The molecule has 0 aliphatic carbocycles. The summed E-state index contributed by atoms with van der Waals surface area (Å²) in [5, 5.41) is 6.08. The van der Waals surface area contributed by atoms with Gasteiger partial charge in [0.1, 0.15) is 11.4 Å². The van der Waals surface area contributed by atoms with Crippen LogP contribution in [0.3, 0.4) is 0 Å². The Kier molecular flexibility index (Phi) is 5.89. The summed E-state index contributed by atoms with van der Waals surface area (Å²) in [6.45, 7) is 6.29. The van der Waals surface area contributed by atoms with Crippen LogP contribution in [0, 0.1) is 20.8 Å². The third-order valence-corrected chi connectivity index (χ3v) is 4.39. The van der Waals surface area contributed by atoms with E-state index >= 15 is 0 Å². The molecule has 0 unspecified atom stereocenters. The molecule has 0 fully saturated rings. The van der Waals surface area contributed by atoms with Crippen LogP contribution >= 0.6 is 0 Å². The Balaban J connectivity index is 1.78. The van der Waals surface area contributed by atoms with Crippen molar-refractivity contribution in [2.75, 3.05) is 12.4 Å². The minimum absolute atomic E-state index is 0.243. The van der Waals surface area contributed by atoms with E-state index in [-0.39, 0.29) is 5.91 Å². The number of methoxy groups -OCH3 is 1. The molecule has 0 saturated heterocycles. The average Bonchev–Trinajstić information content (AvgIpc) is 2.67. The van der Waals surface area contributed by atoms with Crippen LogP contribution in [0.5, 0.6) is 5.75 Å². The van der Waals surface area contributed by atoms with Crippen molar-refractivity contribution in [3.8, 4) is 5.75 Å². The van der Waals surface area contributed by atoms with E-state index in [0.29, 0.717) is 29.6 Å². The predicted octanol–water partition coefficient (Wildman–Crippen LogP) is 4.08. The van der Waals surface area contributed by atoms with E-state index in [9.17, 15) is 4.79 Å². The molecule has 0 aliphatic heterocycles. The van der Waals surface area contributed by atoms with Crippen LogP contribution in [-0.2, 0) is 6.54 Å². The van der Waals surface area contributed by atoms with Crippen molar-refractivity contribution in [3.63, 3.8) is 0 Å². The molecule has 1 heterocycles. The van der Waals surface area contributed by atoms with Crippen LogP contribution in [0.4, 0.5) is 11.6 Å². The number of anilines is 2. The third-order valence-electron chi connectivity index (χ3n) is 4.39. The van der Waals surface area contributed by atoms with Gasteiger partial charge in [-0.1, -0.05) is 30.3 Å². The number of benzene rings is 2. The Labute approximate surface area is 165 Å². The lowest BCUT2D eigenvalue weighted by atomic mass is 10.1. The Hall–Kier alpha value is -3.41. The summed E-state index contributed by atoms with van der Waals surface area (Å²) in [4.78, 5) is 21.4. The lowest BCUT2D eigenvalue weighted by Gasteiger charge is -2.12. The van der Waals surface area contributed by atoms with Gasteiger partial charge in [0.15, 0.2) is 0 Å². The van der Waals surface area contributed by atoms with Crippen molar-refractivity contribution in [2.24, 2.45) is 0 Å². The predicted molar refractivity (Wildman–Crippen MR) is 110 cm³/mol. The van der Waals surface area contributed by atoms with Crippen molar-refractivity contribution in [2.45, 2.75) is 27.3 Å². The molecule has 0 atom stereocenters. The number of rotatable bonds is 6. The second kappa shape index (κ2) is 8.52. The lowest BCUT2D eigenvalue weighted by molar-refractivity contribution is 0.0945. The normalized spacial score (nSPS) is 10.4. The molecule has 2 aromatic carbocycles. The SMILES string of the molecule is COc1ccc(C)cc1Nc1nc(C)cc(C(=O)NCc2ccccc2C)n1. The second-order valence-corrected chi connectivity index (χ2v) is 6.66. The summed E-state index contributed by atoms with van der Waals surface area (Å²) in [5.74, 6) is 0.791. The lowest BCUT2D eigenvalue weighted by Crippen LogP contribution is -2.24. The van der Waals surface area contributed by atoms with Gasteiger partial charge in [-0.15, -0.1) is 0 Å². The monoisotopic (exact) mass is 376 g/mol. The van der Waals surface area contributed by atoms with Crippen LogP contribution < -0.4 is 15.4 Å². The van der Waals surface area contributed by atoms with E-state index < -0.39 is 0 Å². The van der Waals surface area contributed by atoms with Gasteiger partial charge in [-0.25, -0.2) is 9.97 Å². The quantitative estimate of drug-likeness (QED) is 0.678. The van der Waals surface area contributed by atoms with E-state index in [1.165, 1.54) is 0 Å². The summed E-state index contributed by atoms with van der Waals surface area (Å²) >= 11 is 0. The van der Waals surface area contributed by atoms with Crippen molar-refractivity contribution in [3.05, 3.63) is 76.6 Å². The van der Waals surface area contributed by atoms with Crippen LogP contribution in [-0.4, -0.2) is 23.0 Å². The van der Waals surface area contributed by atoms with Gasteiger partial charge >= 0.3 is 0 Å². The highest BCUT2D eigenvalue weighted by Crippen LogP contribution is 2.27. The first-order chi connectivity index (χ1) is 13.5. The summed E-state index contributed by atoms with van der Waals surface area (Å²) in [7, 11) is 1.61. The summed E-state index contributed by atoms with van der Waals surface area (Å²) in [6.07, 6.45) is 0. The summed E-state index contributed by atoms with van der Waals surface area (Å²) in [6, 6.07) is 15.4. The minimum Gasteiger partial charge on any atom is -0.495 e. The van der Waals surface area contributed by atoms with Gasteiger partial charge in [0.25, 0.3) is 5.91 Å². The molecule has 3 aromatic rings. The molecule has 6 heteroatoms. The van der Waals surface area contributed by atoms with E-state index in [0.717, 1.165) is 22.4 Å². The first kappa shape index (κ1) is 19.4. The molecule has 3 rings (SSSR count). The molecular formula is C22H24N4O2. The number of amides is 1. The van der Waals surface area contributed by atoms with E-state index in [1.807, 2.05) is 63.2 Å². The number of aryl methyl sites for hydroxylation is 3. The van der Waals surface area contributed by atoms with Gasteiger partial charge in [0.2, 0.25) is 5.95 Å². The smallest absolute Gasteiger partial charge is 0.270 e. The molecular weight excluding hydrogens is 352 g/mol. The average molecular weight is 376 g/mol. The highest BCUT2D eigenvalue weighted by molar-refractivity contribution is 5.92. The Morgan fingerprint density at radius 2 is 1.82 bits per heavy atom. The zero-order valence-electron chi connectivity index (χ0n) is 16.5. The first-order valence-electron chi connectivity index (χ1n) is 9.06. The maximum Gasteiger partial charge on any atom is 0.270 e. The van der Waals surface area contributed by atoms with Gasteiger partial charge in [0.05, 0.1) is 12.8 Å². The molecule has 2 N–H and O–H groups in total. The first-order valence-corrected chi connectivity index (χ1v) is 9.06. The molecule has 144 valence electrons. The number of hydrogen-bond donors (Lipinski definition) is 2. The summed E-state index contributed by atoms with van der Waals surface area (Å²) in [5.41, 5.74) is 5.05. The number of nitrogens with zero attached hydrogens (tertiary/aromatic N) is 2. The van der Waals surface area contributed by atoms with Crippen molar-refractivity contribution in [1.29, 1.82) is 0 Å². The molecule has 1 aromatic heterocycles. The largest absolute Gasteiger partial charge is 0.495 e. The second-order valence-electron chi connectivity index (χ2n) is 6.66. The van der Waals surface area contributed by atoms with E-state index in [1.54, 1.807) is 13.2 Å². The van der Waals surface area contributed by atoms with Gasteiger partial charge < -0.3 is 15.4 Å². The molecule has 0 bridgehead atoms.